The summed E-state index contributed by atoms with van der Waals surface area (Å²) in [6, 6.07) is 5.47. The van der Waals surface area contributed by atoms with Gasteiger partial charge in [0, 0.05) is 18.0 Å². The topological polar surface area (TPSA) is 123 Å². The van der Waals surface area contributed by atoms with Crippen molar-refractivity contribution in [2.24, 2.45) is 0 Å². The number of nitrogen functional groups attached to an aromatic ring is 1. The Bertz CT molecular complexity index is 980. The number of hydrogen-bond acceptors (Lipinski definition) is 5. The number of benzene rings is 1. The number of amides is 3. The minimum Gasteiger partial charge on any atom is -0.384 e. The maximum atomic E-state index is 12.4. The standard InChI is InChI=1S/C15H11ClN4O4/c1-6(21)18-9-3-2-7(16)4-10(9)20-11(22)5-8-12(13(20)17)15(24)19-14(8)23/h2-5H,17H2,1H3,(H,18,21)(H,19,23,24). The summed E-state index contributed by atoms with van der Waals surface area (Å²) in [5, 5.41) is 4.94. The van der Waals surface area contributed by atoms with Gasteiger partial charge in [0.15, 0.2) is 0 Å². The van der Waals surface area contributed by atoms with E-state index in [1.54, 1.807) is 0 Å². The number of imide groups is 1. The van der Waals surface area contributed by atoms with Crippen LogP contribution in [-0.4, -0.2) is 22.3 Å². The molecule has 0 saturated heterocycles. The van der Waals surface area contributed by atoms with Gasteiger partial charge in [-0.25, -0.2) is 0 Å². The van der Waals surface area contributed by atoms with E-state index in [4.69, 9.17) is 17.3 Å². The number of nitrogens with two attached hydrogens (primary N) is 1. The van der Waals surface area contributed by atoms with E-state index >= 15 is 0 Å². The van der Waals surface area contributed by atoms with Crippen molar-refractivity contribution in [1.29, 1.82) is 0 Å². The summed E-state index contributed by atoms with van der Waals surface area (Å²) in [5.41, 5.74) is 5.63. The van der Waals surface area contributed by atoms with Gasteiger partial charge in [-0.3, -0.25) is 29.1 Å². The average molecular weight is 347 g/mol. The van der Waals surface area contributed by atoms with Gasteiger partial charge in [0.2, 0.25) is 5.91 Å². The van der Waals surface area contributed by atoms with Gasteiger partial charge in [-0.2, -0.15) is 0 Å². The molecule has 122 valence electrons. The molecule has 4 N–H and O–H groups in total. The third-order valence-electron chi connectivity index (χ3n) is 3.46. The predicted octanol–water partition coefficient (Wildman–Crippen LogP) is 0.915. The molecule has 3 amide bonds. The summed E-state index contributed by atoms with van der Waals surface area (Å²) in [7, 11) is 0. The number of carbonyl (C=O) groups is 3. The molecule has 1 aromatic carbocycles. The smallest absolute Gasteiger partial charge is 0.262 e. The molecule has 0 bridgehead atoms. The van der Waals surface area contributed by atoms with E-state index in [2.05, 4.69) is 10.6 Å². The Morgan fingerprint density at radius 3 is 2.58 bits per heavy atom. The van der Waals surface area contributed by atoms with Gasteiger partial charge in [-0.1, -0.05) is 11.6 Å². The fraction of sp³-hybridized carbons (Fsp3) is 0.0667. The van der Waals surface area contributed by atoms with Crippen LogP contribution in [0.25, 0.3) is 5.69 Å². The molecule has 9 heteroatoms. The van der Waals surface area contributed by atoms with Crippen LogP contribution in [0.2, 0.25) is 5.02 Å². The Balaban J connectivity index is 2.33. The molecule has 2 aromatic rings. The lowest BCUT2D eigenvalue weighted by Gasteiger charge is -2.16. The minimum atomic E-state index is -0.690. The van der Waals surface area contributed by atoms with Crippen LogP contribution in [0.15, 0.2) is 29.1 Å². The molecule has 0 saturated carbocycles. The molecule has 2 heterocycles. The SMILES string of the molecule is CC(=O)Nc1ccc(Cl)cc1-n1c(N)c2c(cc1=O)C(=O)NC2=O. The minimum absolute atomic E-state index is 0.0816. The molecule has 0 atom stereocenters. The Labute approximate surface area is 140 Å². The second-order valence-electron chi connectivity index (χ2n) is 5.12. The number of pyridine rings is 1. The molecule has 0 spiro atoms. The van der Waals surface area contributed by atoms with Crippen LogP contribution < -0.4 is 21.9 Å². The average Bonchev–Trinajstić information content (AvgIpc) is 2.76. The predicted molar refractivity (Wildman–Crippen MR) is 87.6 cm³/mol. The van der Waals surface area contributed by atoms with E-state index in [-0.39, 0.29) is 34.2 Å². The molecule has 0 fully saturated rings. The summed E-state index contributed by atoms with van der Waals surface area (Å²) in [4.78, 5) is 47.4. The number of anilines is 2. The first-order valence-electron chi connectivity index (χ1n) is 6.78. The second kappa shape index (κ2) is 5.50. The lowest BCUT2D eigenvalue weighted by atomic mass is 10.1. The number of hydrogen-bond donors (Lipinski definition) is 3. The summed E-state index contributed by atoms with van der Waals surface area (Å²) in [5.74, 6) is -1.95. The maximum Gasteiger partial charge on any atom is 0.262 e. The van der Waals surface area contributed by atoms with Gasteiger partial charge in [0.25, 0.3) is 17.4 Å². The third-order valence-corrected chi connectivity index (χ3v) is 3.70. The number of nitrogens with zero attached hydrogens (tertiary/aromatic N) is 1. The molecule has 24 heavy (non-hydrogen) atoms. The van der Waals surface area contributed by atoms with Gasteiger partial charge >= 0.3 is 0 Å². The Hall–Kier alpha value is -3.13. The third kappa shape index (κ3) is 2.42. The molecule has 0 aliphatic carbocycles. The van der Waals surface area contributed by atoms with Crippen molar-refractivity contribution < 1.29 is 14.4 Å². The van der Waals surface area contributed by atoms with Gasteiger partial charge in [0.1, 0.15) is 5.82 Å². The molecular formula is C15H11ClN4O4. The van der Waals surface area contributed by atoms with Crippen LogP contribution >= 0.6 is 11.6 Å². The molecule has 8 nitrogen and oxygen atoms in total. The van der Waals surface area contributed by atoms with E-state index in [0.29, 0.717) is 5.02 Å². The van der Waals surface area contributed by atoms with E-state index in [9.17, 15) is 19.2 Å². The zero-order valence-corrected chi connectivity index (χ0v) is 13.1. The van der Waals surface area contributed by atoms with Crippen LogP contribution in [0, 0.1) is 0 Å². The van der Waals surface area contributed by atoms with Crippen molar-refractivity contribution in [3.05, 3.63) is 50.8 Å². The first kappa shape index (κ1) is 15.8. The summed E-state index contributed by atoms with van der Waals surface area (Å²) in [6.07, 6.45) is 0. The van der Waals surface area contributed by atoms with Gasteiger partial charge in [-0.05, 0) is 18.2 Å². The number of halogens is 1. The van der Waals surface area contributed by atoms with Gasteiger partial charge in [0.05, 0.1) is 22.5 Å². The monoisotopic (exact) mass is 346 g/mol. The van der Waals surface area contributed by atoms with Crippen molar-refractivity contribution in [3.63, 3.8) is 0 Å². The Morgan fingerprint density at radius 1 is 1.21 bits per heavy atom. The molecule has 0 radical (unpaired) electrons. The lowest BCUT2D eigenvalue weighted by Crippen LogP contribution is -2.25. The van der Waals surface area contributed by atoms with Crippen LogP contribution in [0.4, 0.5) is 11.5 Å². The van der Waals surface area contributed by atoms with E-state index in [1.807, 2.05) is 0 Å². The van der Waals surface area contributed by atoms with Gasteiger partial charge in [-0.15, -0.1) is 0 Å². The molecule has 0 unspecified atom stereocenters. The van der Waals surface area contributed by atoms with Crippen molar-refractivity contribution in [2.75, 3.05) is 11.1 Å². The highest BCUT2D eigenvalue weighted by Crippen LogP contribution is 2.28. The lowest BCUT2D eigenvalue weighted by molar-refractivity contribution is -0.114. The largest absolute Gasteiger partial charge is 0.384 e. The number of nitrogens with one attached hydrogen (secondary N) is 2. The second-order valence-corrected chi connectivity index (χ2v) is 5.55. The molecule has 3 rings (SSSR count). The zero-order chi connectivity index (χ0) is 17.6. The van der Waals surface area contributed by atoms with Crippen molar-refractivity contribution in [1.82, 2.24) is 9.88 Å². The zero-order valence-electron chi connectivity index (χ0n) is 12.3. The van der Waals surface area contributed by atoms with Gasteiger partial charge < -0.3 is 11.1 Å². The molecule has 1 aliphatic rings. The highest BCUT2D eigenvalue weighted by Gasteiger charge is 2.32. The molecule has 1 aromatic heterocycles. The maximum absolute atomic E-state index is 12.4. The van der Waals surface area contributed by atoms with Crippen molar-refractivity contribution in [3.8, 4) is 5.69 Å². The highest BCUT2D eigenvalue weighted by molar-refractivity contribution is 6.31. The molecule has 1 aliphatic heterocycles. The summed E-state index contributed by atoms with van der Waals surface area (Å²) < 4.78 is 1.02. The summed E-state index contributed by atoms with van der Waals surface area (Å²) in [6.45, 7) is 1.30. The van der Waals surface area contributed by atoms with Crippen molar-refractivity contribution >= 4 is 40.8 Å². The van der Waals surface area contributed by atoms with Crippen LogP contribution in [0.3, 0.4) is 0 Å². The molecular weight excluding hydrogens is 336 g/mol. The van der Waals surface area contributed by atoms with E-state index in [0.717, 1.165) is 10.6 Å². The van der Waals surface area contributed by atoms with E-state index < -0.39 is 17.4 Å². The first-order valence-corrected chi connectivity index (χ1v) is 7.16. The Morgan fingerprint density at radius 2 is 1.92 bits per heavy atom. The van der Waals surface area contributed by atoms with Crippen molar-refractivity contribution in [2.45, 2.75) is 6.92 Å². The quantitative estimate of drug-likeness (QED) is 0.697. The number of carbonyl (C=O) groups excluding carboxylic acids is 3. The summed E-state index contributed by atoms with van der Waals surface area (Å²) >= 11 is 5.97. The number of fused-ring (bicyclic) bond motifs is 1. The van der Waals surface area contributed by atoms with Crippen LogP contribution in [0.5, 0.6) is 0 Å². The number of rotatable bonds is 2. The fourth-order valence-electron chi connectivity index (χ4n) is 2.51. The highest BCUT2D eigenvalue weighted by atomic mass is 35.5. The normalized spacial score (nSPS) is 12.8. The number of aromatic nitrogens is 1. The first-order chi connectivity index (χ1) is 11.3. The van der Waals surface area contributed by atoms with Crippen LogP contribution in [-0.2, 0) is 4.79 Å². The van der Waals surface area contributed by atoms with E-state index in [1.165, 1.54) is 25.1 Å². The Kier molecular flexibility index (Phi) is 3.61. The fourth-order valence-corrected chi connectivity index (χ4v) is 2.68. The van der Waals surface area contributed by atoms with Crippen LogP contribution in [0.1, 0.15) is 27.6 Å².